The maximum absolute atomic E-state index is 13.5. The fraction of sp³-hybridized carbons (Fsp3) is 0.808. The number of fused-ring (bicyclic) bond motifs is 1. The molecule has 2 N–H and O–H groups in total. The summed E-state index contributed by atoms with van der Waals surface area (Å²) in [5.74, 6) is -1.91. The summed E-state index contributed by atoms with van der Waals surface area (Å²) >= 11 is 0. The van der Waals surface area contributed by atoms with Gasteiger partial charge in [-0.3, -0.25) is 19.2 Å². The lowest BCUT2D eigenvalue weighted by Gasteiger charge is -2.30. The molecule has 0 aromatic heterocycles. The van der Waals surface area contributed by atoms with Crippen molar-refractivity contribution in [1.29, 1.82) is 0 Å². The van der Waals surface area contributed by atoms with E-state index in [1.54, 1.807) is 20.8 Å². The van der Waals surface area contributed by atoms with Crippen LogP contribution in [0, 0.1) is 0 Å². The number of carbonyl (C=O) groups is 5. The highest BCUT2D eigenvalue weighted by atomic mass is 16.6. The zero-order valence-electron chi connectivity index (χ0n) is 21.8. The van der Waals surface area contributed by atoms with Gasteiger partial charge in [0, 0.05) is 13.5 Å². The fourth-order valence-corrected chi connectivity index (χ4v) is 4.75. The van der Waals surface area contributed by atoms with E-state index in [1.165, 1.54) is 11.8 Å². The van der Waals surface area contributed by atoms with Gasteiger partial charge in [-0.1, -0.05) is 51.4 Å². The summed E-state index contributed by atoms with van der Waals surface area (Å²) in [5.41, 5.74) is -0.696. The number of carbonyl (C=O) groups excluding carboxylic acids is 5. The van der Waals surface area contributed by atoms with Gasteiger partial charge >= 0.3 is 6.09 Å². The zero-order chi connectivity index (χ0) is 26.0. The molecule has 0 bridgehead atoms. The summed E-state index contributed by atoms with van der Waals surface area (Å²) in [7, 11) is 0. The lowest BCUT2D eigenvalue weighted by molar-refractivity contribution is -0.142. The first-order valence-corrected chi connectivity index (χ1v) is 13.1. The van der Waals surface area contributed by atoms with E-state index in [0.29, 0.717) is 32.2 Å². The summed E-state index contributed by atoms with van der Waals surface area (Å²) in [6.45, 7) is 6.89. The Morgan fingerprint density at radius 3 is 2.03 bits per heavy atom. The minimum Gasteiger partial charge on any atom is -0.444 e. The summed E-state index contributed by atoms with van der Waals surface area (Å²) in [6, 6.07) is -2.39. The highest BCUT2D eigenvalue weighted by Crippen LogP contribution is 2.22. The van der Waals surface area contributed by atoms with Crippen molar-refractivity contribution >= 4 is 29.5 Å². The summed E-state index contributed by atoms with van der Waals surface area (Å²) in [4.78, 5) is 64.8. The van der Waals surface area contributed by atoms with Crippen molar-refractivity contribution in [3.05, 3.63) is 0 Å². The third-order valence-electron chi connectivity index (χ3n) is 6.54. The lowest BCUT2D eigenvalue weighted by atomic mass is 10.00. The molecule has 0 aromatic rings. The molecule has 3 amide bonds. The van der Waals surface area contributed by atoms with E-state index in [0.717, 1.165) is 51.4 Å². The molecule has 0 spiro atoms. The van der Waals surface area contributed by atoms with Gasteiger partial charge < -0.3 is 20.3 Å². The van der Waals surface area contributed by atoms with Crippen LogP contribution >= 0.6 is 0 Å². The monoisotopic (exact) mass is 493 g/mol. The average Bonchev–Trinajstić information content (AvgIpc) is 3.25. The van der Waals surface area contributed by atoms with E-state index in [4.69, 9.17) is 4.74 Å². The van der Waals surface area contributed by atoms with Crippen LogP contribution in [-0.2, 0) is 23.9 Å². The molecule has 2 rings (SSSR count). The highest BCUT2D eigenvalue weighted by molar-refractivity contribution is 6.38. The van der Waals surface area contributed by atoms with Crippen molar-refractivity contribution in [2.45, 2.75) is 128 Å². The average molecular weight is 494 g/mol. The van der Waals surface area contributed by atoms with Crippen LogP contribution in [0.4, 0.5) is 4.79 Å². The number of alkyl carbamates (subject to hydrolysis) is 1. The highest BCUT2D eigenvalue weighted by Gasteiger charge is 2.39. The Labute approximate surface area is 209 Å². The second-order valence-corrected chi connectivity index (χ2v) is 10.8. The van der Waals surface area contributed by atoms with Crippen LogP contribution < -0.4 is 10.6 Å². The first-order valence-electron chi connectivity index (χ1n) is 13.1. The number of amides is 3. The Bertz CT molecular complexity index is 776. The topological polar surface area (TPSA) is 122 Å². The van der Waals surface area contributed by atoms with Gasteiger partial charge in [0.2, 0.25) is 17.6 Å². The number of ketones is 2. The van der Waals surface area contributed by atoms with Crippen LogP contribution in [0.5, 0.6) is 0 Å². The minimum absolute atomic E-state index is 0.313. The van der Waals surface area contributed by atoms with Crippen LogP contribution in [0.2, 0.25) is 0 Å². The smallest absolute Gasteiger partial charge is 0.408 e. The minimum atomic E-state index is -0.871. The molecule has 2 fully saturated rings. The molecule has 2 aliphatic heterocycles. The largest absolute Gasteiger partial charge is 0.444 e. The number of nitrogens with zero attached hydrogens (tertiary/aromatic N) is 1. The van der Waals surface area contributed by atoms with Crippen molar-refractivity contribution < 1.29 is 28.7 Å². The number of ether oxygens (including phenoxy) is 1. The summed E-state index contributed by atoms with van der Waals surface area (Å²) in [6.07, 6.45) is 9.00. The molecule has 0 radical (unpaired) electrons. The van der Waals surface area contributed by atoms with Gasteiger partial charge in [0.15, 0.2) is 5.78 Å². The first-order chi connectivity index (χ1) is 16.5. The SMILES string of the molecule is CC(=O)C(=O)[C@@H]1CCCCCCCCCC[C@H](NC(=O)OC(C)(C)C)C(=O)N2CCC[C@H]2C(=O)N1. The number of hydrogen-bond donors (Lipinski definition) is 2. The van der Waals surface area contributed by atoms with Gasteiger partial charge in [0.05, 0.1) is 6.04 Å². The molecular weight excluding hydrogens is 450 g/mol. The number of Topliss-reactive ketones (excluding diaryl/α,β-unsaturated/α-hetero) is 2. The molecule has 0 saturated carbocycles. The van der Waals surface area contributed by atoms with Crippen molar-refractivity contribution in [3.63, 3.8) is 0 Å². The molecule has 0 aliphatic carbocycles. The maximum Gasteiger partial charge on any atom is 0.408 e. The second-order valence-electron chi connectivity index (χ2n) is 10.8. The summed E-state index contributed by atoms with van der Waals surface area (Å²) in [5, 5.41) is 5.48. The van der Waals surface area contributed by atoms with E-state index in [9.17, 15) is 24.0 Å². The Balaban J connectivity index is 2.21. The van der Waals surface area contributed by atoms with E-state index in [1.807, 2.05) is 0 Å². The zero-order valence-corrected chi connectivity index (χ0v) is 21.8. The van der Waals surface area contributed by atoms with Crippen molar-refractivity contribution in [2.24, 2.45) is 0 Å². The molecule has 9 nitrogen and oxygen atoms in total. The Morgan fingerprint density at radius 1 is 0.886 bits per heavy atom. The van der Waals surface area contributed by atoms with Crippen LogP contribution in [-0.4, -0.2) is 64.6 Å². The Kier molecular flexibility index (Phi) is 11.2. The van der Waals surface area contributed by atoms with Crippen LogP contribution in [0.15, 0.2) is 0 Å². The summed E-state index contributed by atoms with van der Waals surface area (Å²) < 4.78 is 5.37. The van der Waals surface area contributed by atoms with Crippen molar-refractivity contribution in [1.82, 2.24) is 15.5 Å². The van der Waals surface area contributed by atoms with E-state index >= 15 is 0 Å². The molecule has 198 valence electrons. The van der Waals surface area contributed by atoms with E-state index in [-0.39, 0.29) is 5.91 Å². The molecule has 3 atom stereocenters. The normalized spacial score (nSPS) is 25.7. The van der Waals surface area contributed by atoms with Crippen LogP contribution in [0.25, 0.3) is 0 Å². The molecule has 9 heteroatoms. The van der Waals surface area contributed by atoms with Gasteiger partial charge in [0.1, 0.15) is 17.7 Å². The number of hydrogen-bond acceptors (Lipinski definition) is 6. The van der Waals surface area contributed by atoms with Gasteiger partial charge in [-0.25, -0.2) is 4.79 Å². The predicted molar refractivity (Wildman–Crippen MR) is 132 cm³/mol. The van der Waals surface area contributed by atoms with Gasteiger partial charge in [0.25, 0.3) is 0 Å². The third kappa shape index (κ3) is 9.61. The molecule has 2 aliphatic rings. The van der Waals surface area contributed by atoms with Crippen LogP contribution in [0.1, 0.15) is 105 Å². The van der Waals surface area contributed by atoms with E-state index < -0.39 is 47.3 Å². The quantitative estimate of drug-likeness (QED) is 0.581. The van der Waals surface area contributed by atoms with E-state index in [2.05, 4.69) is 10.6 Å². The maximum atomic E-state index is 13.5. The Hall–Kier alpha value is -2.45. The molecule has 0 unspecified atom stereocenters. The van der Waals surface area contributed by atoms with Gasteiger partial charge in [-0.15, -0.1) is 0 Å². The van der Waals surface area contributed by atoms with Gasteiger partial charge in [-0.2, -0.15) is 0 Å². The lowest BCUT2D eigenvalue weighted by Crippen LogP contribution is -2.56. The molecule has 2 saturated heterocycles. The number of nitrogens with one attached hydrogen (secondary N) is 2. The van der Waals surface area contributed by atoms with Crippen molar-refractivity contribution in [2.75, 3.05) is 6.54 Å². The molecule has 35 heavy (non-hydrogen) atoms. The molecule has 0 aromatic carbocycles. The van der Waals surface area contributed by atoms with Crippen LogP contribution in [0.3, 0.4) is 0 Å². The predicted octanol–water partition coefficient (Wildman–Crippen LogP) is 3.43. The first kappa shape index (κ1) is 28.8. The van der Waals surface area contributed by atoms with Crippen molar-refractivity contribution in [3.8, 4) is 0 Å². The number of rotatable bonds is 3. The molecular formula is C26H43N3O6. The second kappa shape index (κ2) is 13.6. The van der Waals surface area contributed by atoms with Gasteiger partial charge in [-0.05, 0) is 46.5 Å². The third-order valence-corrected chi connectivity index (χ3v) is 6.54. The Morgan fingerprint density at radius 2 is 1.46 bits per heavy atom. The molecule has 2 heterocycles. The standard InChI is InChI=1S/C26H43N3O6/c1-18(30)22(31)19-14-11-9-7-5-6-8-10-12-15-20(28-25(34)35-26(2,3)4)24(33)29-17-13-16-21(29)23(32)27-19/h19-21H,5-17H2,1-4H3,(H,27,32)(H,28,34)/t19-,20-,21-/m0/s1. The fourth-order valence-electron chi connectivity index (χ4n) is 4.75.